The highest BCUT2D eigenvalue weighted by atomic mass is 16.6. The van der Waals surface area contributed by atoms with Crippen LogP contribution in [0.4, 0.5) is 4.79 Å². The molecule has 0 bridgehead atoms. The van der Waals surface area contributed by atoms with Crippen molar-refractivity contribution in [2.75, 3.05) is 39.5 Å². The molecule has 15 heteroatoms. The van der Waals surface area contributed by atoms with Crippen LogP contribution in [-0.4, -0.2) is 106 Å². The Hall–Kier alpha value is -3.62. The van der Waals surface area contributed by atoms with Gasteiger partial charge in [-0.25, -0.2) is 4.79 Å². The van der Waals surface area contributed by atoms with Crippen LogP contribution < -0.4 is 0 Å². The molecule has 1 aliphatic rings. The molecule has 3 atom stereocenters. The summed E-state index contributed by atoms with van der Waals surface area (Å²) >= 11 is 0. The minimum Gasteiger partial charge on any atom is -0.528 e. The third kappa shape index (κ3) is 28.5. The molecule has 1 amide bonds. The van der Waals surface area contributed by atoms with Gasteiger partial charge >= 0.3 is 44.0 Å². The highest BCUT2D eigenvalue weighted by molar-refractivity contribution is 6.05. The summed E-state index contributed by atoms with van der Waals surface area (Å²) in [5.74, 6) is -3.95. The molecule has 1 heterocycles. The summed E-state index contributed by atoms with van der Waals surface area (Å²) in [7, 11) is 5.16. The van der Waals surface area contributed by atoms with E-state index in [4.69, 9.17) is 31.7 Å². The first-order valence-corrected chi connectivity index (χ1v) is 22.3. The van der Waals surface area contributed by atoms with Gasteiger partial charge in [0.2, 0.25) is 0 Å². The maximum Gasteiger partial charge on any atom is 0.391 e. The van der Waals surface area contributed by atoms with E-state index >= 15 is 0 Å². The molecule has 59 heavy (non-hydrogen) atoms. The molecule has 0 saturated heterocycles. The summed E-state index contributed by atoms with van der Waals surface area (Å²) in [4.78, 5) is 77.0. The minimum atomic E-state index is -0.993. The Morgan fingerprint density at radius 1 is 0.542 bits per heavy atom. The maximum absolute atomic E-state index is 13.3. The first kappa shape index (κ1) is 53.4. The fourth-order valence-corrected chi connectivity index (χ4v) is 6.50. The van der Waals surface area contributed by atoms with Gasteiger partial charge < -0.3 is 38.3 Å². The summed E-state index contributed by atoms with van der Waals surface area (Å²) in [5, 5.41) is 9.83. The average molecular weight is 836 g/mol. The number of aliphatic hydroxyl groups is 1. The Labute approximate surface area is 354 Å². The van der Waals surface area contributed by atoms with Crippen molar-refractivity contribution in [3.63, 3.8) is 0 Å². The monoisotopic (exact) mass is 836 g/mol. The second-order valence-corrected chi connectivity index (χ2v) is 15.7. The number of rotatable bonds is 34. The zero-order valence-corrected chi connectivity index (χ0v) is 36.3. The Kier molecular flexibility index (Phi) is 31.8. The van der Waals surface area contributed by atoms with E-state index in [2.05, 4.69) is 25.4 Å². The molecular formula is C44H74BNO13. The molecule has 0 spiro atoms. The lowest BCUT2D eigenvalue weighted by molar-refractivity contribution is -0.156. The first-order valence-electron chi connectivity index (χ1n) is 22.3. The van der Waals surface area contributed by atoms with E-state index in [1.54, 1.807) is 0 Å². The molecule has 0 aromatic carbocycles. The van der Waals surface area contributed by atoms with Crippen LogP contribution in [0.2, 0.25) is 0 Å². The van der Waals surface area contributed by atoms with Crippen molar-refractivity contribution in [2.45, 2.75) is 181 Å². The van der Waals surface area contributed by atoms with E-state index < -0.39 is 66.6 Å². The lowest BCUT2D eigenvalue weighted by Gasteiger charge is -2.25. The van der Waals surface area contributed by atoms with Crippen LogP contribution in [0, 0.1) is 11.8 Å². The van der Waals surface area contributed by atoms with E-state index in [-0.39, 0.29) is 65.0 Å². The van der Waals surface area contributed by atoms with Crippen molar-refractivity contribution < 1.29 is 62.2 Å². The number of amides is 1. The minimum absolute atomic E-state index is 0.147. The van der Waals surface area contributed by atoms with Gasteiger partial charge in [-0.05, 0) is 31.4 Å². The topological polar surface area (TPSA) is 181 Å². The Bertz CT molecular complexity index is 1180. The SMILES string of the molecule is [B]OC(=O)N1C[C@H](OC(=O)CC(CO)COC(=O)CCCCCCCC)C=C[C@@H](OC(=O)CC(COC(=O)CCCCCCCC)COC(=O)CCCCCCCC)C1. The molecule has 0 aromatic heterocycles. The van der Waals surface area contributed by atoms with Gasteiger partial charge in [0.15, 0.2) is 0 Å². The predicted molar refractivity (Wildman–Crippen MR) is 223 cm³/mol. The summed E-state index contributed by atoms with van der Waals surface area (Å²) in [6.45, 7) is 5.21. The number of esters is 5. The molecule has 1 unspecified atom stereocenters. The predicted octanol–water partition coefficient (Wildman–Crippen LogP) is 7.79. The Morgan fingerprint density at radius 2 is 0.881 bits per heavy atom. The molecule has 14 nitrogen and oxygen atoms in total. The fourth-order valence-electron chi connectivity index (χ4n) is 6.50. The van der Waals surface area contributed by atoms with Crippen LogP contribution >= 0.6 is 0 Å². The van der Waals surface area contributed by atoms with E-state index in [1.807, 2.05) is 0 Å². The third-order valence-electron chi connectivity index (χ3n) is 10.1. The third-order valence-corrected chi connectivity index (χ3v) is 10.1. The summed E-state index contributed by atoms with van der Waals surface area (Å²) in [5.41, 5.74) is 0. The van der Waals surface area contributed by atoms with E-state index in [9.17, 15) is 33.9 Å². The number of carbonyl (C=O) groups excluding carboxylic acids is 6. The molecule has 1 N–H and O–H groups in total. The number of aliphatic hydroxyl groups excluding tert-OH is 1. The van der Waals surface area contributed by atoms with Crippen LogP contribution in [0.1, 0.15) is 168 Å². The van der Waals surface area contributed by atoms with Gasteiger partial charge in [0.25, 0.3) is 0 Å². The first-order chi connectivity index (χ1) is 28.5. The van der Waals surface area contributed by atoms with Gasteiger partial charge in [-0.1, -0.05) is 117 Å². The highest BCUT2D eigenvalue weighted by Crippen LogP contribution is 2.18. The number of carbonyl (C=O) groups is 6. The van der Waals surface area contributed by atoms with Gasteiger partial charge in [-0.3, -0.25) is 24.0 Å². The number of hydrogen-bond donors (Lipinski definition) is 1. The number of unbranched alkanes of at least 4 members (excludes halogenated alkanes) is 15. The van der Waals surface area contributed by atoms with Crippen LogP contribution in [0.15, 0.2) is 12.2 Å². The molecule has 0 fully saturated rings. The smallest absolute Gasteiger partial charge is 0.391 e. The molecule has 1 aliphatic heterocycles. The van der Waals surface area contributed by atoms with Crippen molar-refractivity contribution >= 4 is 44.0 Å². The molecular weight excluding hydrogens is 761 g/mol. The highest BCUT2D eigenvalue weighted by Gasteiger charge is 2.30. The van der Waals surface area contributed by atoms with Gasteiger partial charge in [-0.2, -0.15) is 0 Å². The molecule has 1 rings (SSSR count). The van der Waals surface area contributed by atoms with Crippen LogP contribution in [-0.2, 0) is 52.3 Å². The Morgan fingerprint density at radius 3 is 1.24 bits per heavy atom. The normalized spacial score (nSPS) is 15.6. The van der Waals surface area contributed by atoms with Crippen LogP contribution in [0.25, 0.3) is 0 Å². The number of ether oxygens (including phenoxy) is 5. The molecule has 336 valence electrons. The largest absolute Gasteiger partial charge is 0.528 e. The zero-order chi connectivity index (χ0) is 43.5. The lowest BCUT2D eigenvalue weighted by atomic mass is 10.1. The lowest BCUT2D eigenvalue weighted by Crippen LogP contribution is -2.41. The van der Waals surface area contributed by atoms with E-state index in [1.165, 1.54) is 18.6 Å². The van der Waals surface area contributed by atoms with Crippen molar-refractivity contribution in [2.24, 2.45) is 11.8 Å². The second kappa shape index (κ2) is 35.2. The maximum atomic E-state index is 13.3. The van der Waals surface area contributed by atoms with Crippen molar-refractivity contribution in [1.29, 1.82) is 0 Å². The van der Waals surface area contributed by atoms with Gasteiger partial charge in [0.05, 0.1) is 45.8 Å². The number of nitrogens with zero attached hydrogens (tertiary/aromatic N) is 1. The molecule has 0 saturated carbocycles. The molecule has 0 aromatic rings. The van der Waals surface area contributed by atoms with Crippen LogP contribution in [0.3, 0.4) is 0 Å². The number of hydrogen-bond acceptors (Lipinski definition) is 13. The quantitative estimate of drug-likeness (QED) is 0.0218. The molecule has 2 radical (unpaired) electrons. The average Bonchev–Trinajstić information content (AvgIpc) is 3.42. The fraction of sp³-hybridized carbons (Fsp3) is 0.818. The summed E-state index contributed by atoms with van der Waals surface area (Å²) in [6.07, 6.45) is 18.6. The second-order valence-electron chi connectivity index (χ2n) is 15.7. The van der Waals surface area contributed by atoms with Crippen molar-refractivity contribution in [3.8, 4) is 0 Å². The van der Waals surface area contributed by atoms with Crippen LogP contribution in [0.5, 0.6) is 0 Å². The van der Waals surface area contributed by atoms with Gasteiger partial charge in [-0.15, -0.1) is 0 Å². The Balaban J connectivity index is 2.80. The standard InChI is InChI=1S/C44H74BNO13/c1-4-7-10-13-16-19-22-39(48)54-32-35(31-47)27-42(51)57-37-25-26-38(30-46(29-37)44(53)59-45)58-43(52)28-36(33-55-40(49)23-20-17-14-11-8-5-2)34-56-41(50)24-21-18-15-12-9-6-3/h25-26,35-38,47H,4-24,27-34H2,1-3H3/t35?,37-,38-/m1/s1. The summed E-state index contributed by atoms with van der Waals surface area (Å²) in [6, 6.07) is 0. The summed E-state index contributed by atoms with van der Waals surface area (Å²) < 4.78 is 32.0. The van der Waals surface area contributed by atoms with Gasteiger partial charge in [0.1, 0.15) is 12.2 Å². The zero-order valence-electron chi connectivity index (χ0n) is 36.3. The van der Waals surface area contributed by atoms with Crippen molar-refractivity contribution in [3.05, 3.63) is 12.2 Å². The van der Waals surface area contributed by atoms with E-state index in [0.717, 1.165) is 94.8 Å². The van der Waals surface area contributed by atoms with Crippen molar-refractivity contribution in [1.82, 2.24) is 4.90 Å². The van der Waals surface area contributed by atoms with E-state index in [0.29, 0.717) is 19.3 Å². The molecule has 0 aliphatic carbocycles. The van der Waals surface area contributed by atoms with Gasteiger partial charge in [0, 0.05) is 37.7 Å².